The minimum Gasteiger partial charge on any atom is -0.486 e. The first kappa shape index (κ1) is 10.2. The first-order valence-electron chi connectivity index (χ1n) is 4.75. The highest BCUT2D eigenvalue weighted by molar-refractivity contribution is 5.30. The second-order valence-corrected chi connectivity index (χ2v) is 3.26. The van der Waals surface area contributed by atoms with Gasteiger partial charge in [-0.3, -0.25) is 4.68 Å². The van der Waals surface area contributed by atoms with Crippen LogP contribution in [0.5, 0.6) is 5.75 Å². The molecule has 2 heterocycles. The van der Waals surface area contributed by atoms with Crippen molar-refractivity contribution in [2.45, 2.75) is 6.61 Å². The predicted octanol–water partition coefficient (Wildman–Crippen LogP) is 1.27. The summed E-state index contributed by atoms with van der Waals surface area (Å²) in [7, 11) is 1.82. The van der Waals surface area contributed by atoms with Crippen LogP contribution in [0.1, 0.15) is 11.3 Å². The molecule has 2 rings (SSSR count). The zero-order chi connectivity index (χ0) is 11.4. The standard InChI is InChI=1S/C11H10N4O/c1-15-7-10(6-14-15)16-8-9-3-2-4-13-11(9)5-12/h2-4,6-7H,8H2,1H3. The van der Waals surface area contributed by atoms with Gasteiger partial charge in [-0.2, -0.15) is 10.4 Å². The summed E-state index contributed by atoms with van der Waals surface area (Å²) in [6.07, 6.45) is 4.98. The van der Waals surface area contributed by atoms with E-state index in [1.165, 1.54) is 0 Å². The maximum atomic E-state index is 8.84. The maximum absolute atomic E-state index is 8.84. The topological polar surface area (TPSA) is 63.7 Å². The fourth-order valence-electron chi connectivity index (χ4n) is 1.29. The molecule has 16 heavy (non-hydrogen) atoms. The van der Waals surface area contributed by atoms with Gasteiger partial charge < -0.3 is 4.74 Å². The number of nitrogens with zero attached hydrogens (tertiary/aromatic N) is 4. The van der Waals surface area contributed by atoms with E-state index in [0.717, 1.165) is 5.56 Å². The van der Waals surface area contributed by atoms with E-state index in [1.807, 2.05) is 19.2 Å². The Morgan fingerprint density at radius 2 is 2.44 bits per heavy atom. The third-order valence-corrected chi connectivity index (χ3v) is 2.07. The highest BCUT2D eigenvalue weighted by Crippen LogP contribution is 2.11. The molecule has 5 heteroatoms. The Balaban J connectivity index is 2.08. The van der Waals surface area contributed by atoms with Gasteiger partial charge in [-0.05, 0) is 6.07 Å². The number of aromatic nitrogens is 3. The molecule has 0 aliphatic rings. The lowest BCUT2D eigenvalue weighted by Gasteiger charge is -2.03. The molecule has 0 saturated heterocycles. The fourth-order valence-corrected chi connectivity index (χ4v) is 1.29. The molecule has 0 unspecified atom stereocenters. The predicted molar refractivity (Wildman–Crippen MR) is 56.5 cm³/mol. The van der Waals surface area contributed by atoms with Gasteiger partial charge in [0.15, 0.2) is 5.75 Å². The van der Waals surface area contributed by atoms with E-state index in [1.54, 1.807) is 29.3 Å². The van der Waals surface area contributed by atoms with E-state index in [-0.39, 0.29) is 0 Å². The van der Waals surface area contributed by atoms with Gasteiger partial charge in [0.25, 0.3) is 0 Å². The van der Waals surface area contributed by atoms with E-state index in [9.17, 15) is 0 Å². The second-order valence-electron chi connectivity index (χ2n) is 3.26. The minimum absolute atomic E-state index is 0.322. The van der Waals surface area contributed by atoms with E-state index >= 15 is 0 Å². The Hall–Kier alpha value is -2.35. The van der Waals surface area contributed by atoms with Crippen LogP contribution in [-0.2, 0) is 13.7 Å². The molecule has 0 aliphatic carbocycles. The van der Waals surface area contributed by atoms with E-state index in [0.29, 0.717) is 18.1 Å². The molecule has 0 fully saturated rings. The zero-order valence-electron chi connectivity index (χ0n) is 8.79. The lowest BCUT2D eigenvalue weighted by Crippen LogP contribution is -1.99. The summed E-state index contributed by atoms with van der Waals surface area (Å²) in [5.41, 5.74) is 1.17. The number of hydrogen-bond donors (Lipinski definition) is 0. The van der Waals surface area contributed by atoms with Crippen molar-refractivity contribution in [3.8, 4) is 11.8 Å². The van der Waals surface area contributed by atoms with Crippen LogP contribution in [0.4, 0.5) is 0 Å². The molecule has 5 nitrogen and oxygen atoms in total. The Bertz CT molecular complexity index is 527. The molecule has 0 spiro atoms. The highest BCUT2D eigenvalue weighted by Gasteiger charge is 2.03. The molecular formula is C11H10N4O. The molecule has 0 aliphatic heterocycles. The van der Waals surface area contributed by atoms with Crippen LogP contribution in [0.2, 0.25) is 0 Å². The van der Waals surface area contributed by atoms with Gasteiger partial charge in [-0.15, -0.1) is 0 Å². The normalized spacial score (nSPS) is 9.75. The van der Waals surface area contributed by atoms with Crippen molar-refractivity contribution in [2.75, 3.05) is 0 Å². The maximum Gasteiger partial charge on any atom is 0.157 e. The third kappa shape index (κ3) is 2.17. The molecule has 2 aromatic heterocycles. The average molecular weight is 214 g/mol. The number of rotatable bonds is 3. The Labute approximate surface area is 92.9 Å². The van der Waals surface area contributed by atoms with Gasteiger partial charge in [-0.1, -0.05) is 6.07 Å². The molecule has 0 amide bonds. The van der Waals surface area contributed by atoms with Crippen LogP contribution < -0.4 is 4.74 Å². The van der Waals surface area contributed by atoms with Crippen LogP contribution in [0.25, 0.3) is 0 Å². The molecule has 0 bridgehead atoms. The number of pyridine rings is 1. The first-order chi connectivity index (χ1) is 7.79. The van der Waals surface area contributed by atoms with Gasteiger partial charge in [-0.25, -0.2) is 4.98 Å². The summed E-state index contributed by atoms with van der Waals surface area (Å²) in [6, 6.07) is 5.63. The smallest absolute Gasteiger partial charge is 0.157 e. The Morgan fingerprint density at radius 3 is 3.12 bits per heavy atom. The monoisotopic (exact) mass is 214 g/mol. The van der Waals surface area contributed by atoms with Gasteiger partial charge in [0, 0.05) is 18.8 Å². The van der Waals surface area contributed by atoms with Crippen LogP contribution in [0.3, 0.4) is 0 Å². The summed E-state index contributed by atoms with van der Waals surface area (Å²) in [6.45, 7) is 0.322. The van der Waals surface area contributed by atoms with Gasteiger partial charge >= 0.3 is 0 Å². The van der Waals surface area contributed by atoms with Crippen LogP contribution in [-0.4, -0.2) is 14.8 Å². The van der Waals surface area contributed by atoms with E-state index < -0.39 is 0 Å². The van der Waals surface area contributed by atoms with Crippen LogP contribution >= 0.6 is 0 Å². The van der Waals surface area contributed by atoms with Crippen molar-refractivity contribution in [3.05, 3.63) is 42.0 Å². The van der Waals surface area contributed by atoms with Gasteiger partial charge in [0.05, 0.1) is 12.4 Å². The minimum atomic E-state index is 0.322. The summed E-state index contributed by atoms with van der Waals surface area (Å²) < 4.78 is 7.14. The van der Waals surface area contributed by atoms with Crippen LogP contribution in [0.15, 0.2) is 30.7 Å². The van der Waals surface area contributed by atoms with E-state index in [4.69, 9.17) is 10.00 Å². The van der Waals surface area contributed by atoms with Crippen molar-refractivity contribution in [1.82, 2.24) is 14.8 Å². The lowest BCUT2D eigenvalue weighted by atomic mass is 10.2. The molecule has 0 radical (unpaired) electrons. The Kier molecular flexibility index (Phi) is 2.83. The summed E-state index contributed by atoms with van der Waals surface area (Å²) in [4.78, 5) is 3.95. The van der Waals surface area contributed by atoms with Crippen molar-refractivity contribution in [1.29, 1.82) is 5.26 Å². The summed E-state index contributed by atoms with van der Waals surface area (Å²) in [5, 5.41) is 12.8. The molecule has 0 aromatic carbocycles. The van der Waals surface area contributed by atoms with Gasteiger partial charge in [0.2, 0.25) is 0 Å². The number of ether oxygens (including phenoxy) is 1. The zero-order valence-corrected chi connectivity index (χ0v) is 8.79. The average Bonchev–Trinajstić information content (AvgIpc) is 2.73. The van der Waals surface area contributed by atoms with Crippen molar-refractivity contribution < 1.29 is 4.74 Å². The third-order valence-electron chi connectivity index (χ3n) is 2.07. The quantitative estimate of drug-likeness (QED) is 0.771. The fraction of sp³-hybridized carbons (Fsp3) is 0.182. The first-order valence-corrected chi connectivity index (χ1v) is 4.75. The molecule has 0 N–H and O–H groups in total. The summed E-state index contributed by atoms with van der Waals surface area (Å²) in [5.74, 6) is 0.676. The van der Waals surface area contributed by atoms with Crippen molar-refractivity contribution in [3.63, 3.8) is 0 Å². The molecule has 2 aromatic rings. The largest absolute Gasteiger partial charge is 0.486 e. The van der Waals surface area contributed by atoms with Crippen molar-refractivity contribution >= 4 is 0 Å². The molecular weight excluding hydrogens is 204 g/mol. The molecule has 80 valence electrons. The van der Waals surface area contributed by atoms with Crippen LogP contribution in [0, 0.1) is 11.3 Å². The lowest BCUT2D eigenvalue weighted by molar-refractivity contribution is 0.305. The number of nitriles is 1. The highest BCUT2D eigenvalue weighted by atomic mass is 16.5. The Morgan fingerprint density at radius 1 is 1.56 bits per heavy atom. The number of hydrogen-bond acceptors (Lipinski definition) is 4. The SMILES string of the molecule is Cn1cc(OCc2cccnc2C#N)cn1. The van der Waals surface area contributed by atoms with E-state index in [2.05, 4.69) is 10.1 Å². The molecule has 0 saturated carbocycles. The molecule has 0 atom stereocenters. The summed E-state index contributed by atoms with van der Waals surface area (Å²) >= 11 is 0. The van der Waals surface area contributed by atoms with Crippen molar-refractivity contribution in [2.24, 2.45) is 7.05 Å². The van der Waals surface area contributed by atoms with Gasteiger partial charge in [0.1, 0.15) is 18.4 Å². The second kappa shape index (κ2) is 4.45. The number of aryl methyl sites for hydroxylation is 1.